The van der Waals surface area contributed by atoms with Crippen molar-refractivity contribution < 1.29 is 0 Å². The Bertz CT molecular complexity index is 308. The van der Waals surface area contributed by atoms with Gasteiger partial charge in [-0.15, -0.1) is 5.10 Å². The van der Waals surface area contributed by atoms with Gasteiger partial charge in [0, 0.05) is 57.5 Å². The summed E-state index contributed by atoms with van der Waals surface area (Å²) in [5.74, 6) is 2.56. The first kappa shape index (κ1) is 11.9. The minimum absolute atomic E-state index is 0.816. The molecular weight excluding hydrogens is 222 g/mol. The molecule has 0 bridgehead atoms. The summed E-state index contributed by atoms with van der Waals surface area (Å²) in [4.78, 5) is 2.51. The minimum Gasteiger partial charge on any atom is -0.310 e. The highest BCUT2D eigenvalue weighted by atomic mass is 32.2. The first-order valence-corrected chi connectivity index (χ1v) is 6.86. The molecule has 0 aliphatic carbocycles. The molecule has 1 fully saturated rings. The average Bonchev–Trinajstić information content (AvgIpc) is 2.72. The molecule has 0 aromatic carbocycles. The second kappa shape index (κ2) is 6.22. The van der Waals surface area contributed by atoms with Gasteiger partial charge >= 0.3 is 0 Å². The zero-order valence-electron chi connectivity index (χ0n) is 9.72. The molecule has 1 aliphatic heterocycles. The molecule has 1 aromatic rings. The lowest BCUT2D eigenvalue weighted by atomic mass is 10.4. The SMILES string of the molecule is Cn1cc(CNCCN2CCSCC2)nn1. The molecule has 1 aliphatic rings. The summed E-state index contributed by atoms with van der Waals surface area (Å²) in [5.41, 5.74) is 1.01. The molecule has 90 valence electrons. The van der Waals surface area contributed by atoms with Crippen LogP contribution in [-0.2, 0) is 13.6 Å². The lowest BCUT2D eigenvalue weighted by Crippen LogP contribution is -2.37. The van der Waals surface area contributed by atoms with E-state index in [2.05, 4.69) is 32.3 Å². The highest BCUT2D eigenvalue weighted by Gasteiger charge is 2.09. The molecule has 2 heterocycles. The van der Waals surface area contributed by atoms with E-state index in [1.807, 2.05) is 13.2 Å². The Morgan fingerprint density at radius 2 is 2.25 bits per heavy atom. The van der Waals surface area contributed by atoms with Gasteiger partial charge in [0.15, 0.2) is 0 Å². The summed E-state index contributed by atoms with van der Waals surface area (Å²) in [5, 5.41) is 11.3. The fraction of sp³-hybridized carbons (Fsp3) is 0.800. The van der Waals surface area contributed by atoms with Crippen molar-refractivity contribution in [1.29, 1.82) is 0 Å². The van der Waals surface area contributed by atoms with Gasteiger partial charge in [-0.1, -0.05) is 5.21 Å². The molecule has 1 saturated heterocycles. The van der Waals surface area contributed by atoms with E-state index in [1.165, 1.54) is 24.6 Å². The molecule has 5 nitrogen and oxygen atoms in total. The topological polar surface area (TPSA) is 46.0 Å². The molecule has 1 N–H and O–H groups in total. The molecule has 0 amide bonds. The smallest absolute Gasteiger partial charge is 0.0964 e. The molecule has 1 aromatic heterocycles. The number of hydrogen-bond donors (Lipinski definition) is 1. The molecule has 16 heavy (non-hydrogen) atoms. The molecule has 0 saturated carbocycles. The van der Waals surface area contributed by atoms with Crippen molar-refractivity contribution in [3.05, 3.63) is 11.9 Å². The van der Waals surface area contributed by atoms with Gasteiger partial charge in [0.05, 0.1) is 5.69 Å². The summed E-state index contributed by atoms with van der Waals surface area (Å²) >= 11 is 2.05. The molecule has 0 radical (unpaired) electrons. The maximum absolute atomic E-state index is 4.03. The van der Waals surface area contributed by atoms with Crippen LogP contribution in [0.1, 0.15) is 5.69 Å². The van der Waals surface area contributed by atoms with Crippen molar-refractivity contribution in [2.45, 2.75) is 6.54 Å². The number of aromatic nitrogens is 3. The van der Waals surface area contributed by atoms with Crippen molar-refractivity contribution in [1.82, 2.24) is 25.2 Å². The van der Waals surface area contributed by atoms with E-state index < -0.39 is 0 Å². The van der Waals surface area contributed by atoms with Gasteiger partial charge < -0.3 is 10.2 Å². The van der Waals surface area contributed by atoms with Crippen molar-refractivity contribution in [2.24, 2.45) is 7.05 Å². The fourth-order valence-electron chi connectivity index (χ4n) is 1.75. The van der Waals surface area contributed by atoms with E-state index in [9.17, 15) is 0 Å². The highest BCUT2D eigenvalue weighted by molar-refractivity contribution is 7.99. The van der Waals surface area contributed by atoms with Crippen molar-refractivity contribution in [3.8, 4) is 0 Å². The largest absolute Gasteiger partial charge is 0.310 e. The van der Waals surface area contributed by atoms with E-state index >= 15 is 0 Å². The van der Waals surface area contributed by atoms with Gasteiger partial charge in [-0.05, 0) is 0 Å². The van der Waals surface area contributed by atoms with Crippen LogP contribution in [0.4, 0.5) is 0 Å². The van der Waals surface area contributed by atoms with E-state index in [-0.39, 0.29) is 0 Å². The standard InChI is InChI=1S/C10H19N5S/c1-14-9-10(12-13-14)8-11-2-3-15-4-6-16-7-5-15/h9,11H,2-8H2,1H3. The number of nitrogens with zero attached hydrogens (tertiary/aromatic N) is 4. The van der Waals surface area contributed by atoms with Crippen LogP contribution in [0.3, 0.4) is 0 Å². The molecule has 0 spiro atoms. The number of nitrogens with one attached hydrogen (secondary N) is 1. The Morgan fingerprint density at radius 1 is 1.44 bits per heavy atom. The van der Waals surface area contributed by atoms with Crippen LogP contribution in [0.25, 0.3) is 0 Å². The summed E-state index contributed by atoms with van der Waals surface area (Å²) < 4.78 is 1.73. The zero-order valence-corrected chi connectivity index (χ0v) is 10.5. The van der Waals surface area contributed by atoms with Gasteiger partial charge in [-0.25, -0.2) is 0 Å². The number of hydrogen-bond acceptors (Lipinski definition) is 5. The summed E-state index contributed by atoms with van der Waals surface area (Å²) in [6.07, 6.45) is 1.95. The Labute approximate surface area is 101 Å². The van der Waals surface area contributed by atoms with Gasteiger partial charge in [0.25, 0.3) is 0 Å². The maximum atomic E-state index is 4.03. The highest BCUT2D eigenvalue weighted by Crippen LogP contribution is 2.07. The van der Waals surface area contributed by atoms with Gasteiger partial charge in [0.2, 0.25) is 0 Å². The monoisotopic (exact) mass is 241 g/mol. The molecule has 0 unspecified atom stereocenters. The van der Waals surface area contributed by atoms with Crippen LogP contribution >= 0.6 is 11.8 Å². The van der Waals surface area contributed by atoms with Crippen LogP contribution in [0.2, 0.25) is 0 Å². The van der Waals surface area contributed by atoms with Gasteiger partial charge in [-0.2, -0.15) is 11.8 Å². The van der Waals surface area contributed by atoms with Gasteiger partial charge in [0.1, 0.15) is 0 Å². The van der Waals surface area contributed by atoms with Crippen molar-refractivity contribution >= 4 is 11.8 Å². The van der Waals surface area contributed by atoms with Crippen molar-refractivity contribution in [2.75, 3.05) is 37.7 Å². The van der Waals surface area contributed by atoms with Crippen LogP contribution in [-0.4, -0.2) is 57.6 Å². The third-order valence-corrected chi connectivity index (χ3v) is 3.61. The molecule has 6 heteroatoms. The zero-order chi connectivity index (χ0) is 11.2. The van der Waals surface area contributed by atoms with E-state index in [4.69, 9.17) is 0 Å². The molecule has 2 rings (SSSR count). The fourth-order valence-corrected chi connectivity index (χ4v) is 2.73. The van der Waals surface area contributed by atoms with Crippen molar-refractivity contribution in [3.63, 3.8) is 0 Å². The van der Waals surface area contributed by atoms with E-state index in [0.29, 0.717) is 0 Å². The first-order valence-electron chi connectivity index (χ1n) is 5.70. The Hall–Kier alpha value is -0.590. The Balaban J connectivity index is 1.57. The number of rotatable bonds is 5. The maximum Gasteiger partial charge on any atom is 0.0964 e. The summed E-state index contributed by atoms with van der Waals surface area (Å²) in [6.45, 7) is 5.45. The average molecular weight is 241 g/mol. The third kappa shape index (κ3) is 3.77. The van der Waals surface area contributed by atoms with Crippen LogP contribution in [0, 0.1) is 0 Å². The van der Waals surface area contributed by atoms with Crippen LogP contribution < -0.4 is 5.32 Å². The first-order chi connectivity index (χ1) is 7.84. The lowest BCUT2D eigenvalue weighted by molar-refractivity contribution is 0.301. The predicted molar refractivity (Wildman–Crippen MR) is 66.5 cm³/mol. The quantitative estimate of drug-likeness (QED) is 0.733. The predicted octanol–water partition coefficient (Wildman–Crippen LogP) is -0.0465. The minimum atomic E-state index is 0.816. The third-order valence-electron chi connectivity index (χ3n) is 2.66. The summed E-state index contributed by atoms with van der Waals surface area (Å²) in [6, 6.07) is 0. The lowest BCUT2D eigenvalue weighted by Gasteiger charge is -2.25. The molecule has 0 atom stereocenters. The summed E-state index contributed by atoms with van der Waals surface area (Å²) in [7, 11) is 1.89. The second-order valence-electron chi connectivity index (χ2n) is 4.01. The number of aryl methyl sites for hydroxylation is 1. The van der Waals surface area contributed by atoms with E-state index in [1.54, 1.807) is 4.68 Å². The van der Waals surface area contributed by atoms with Gasteiger partial charge in [-0.3, -0.25) is 4.68 Å². The van der Waals surface area contributed by atoms with Crippen LogP contribution in [0.15, 0.2) is 6.20 Å². The van der Waals surface area contributed by atoms with E-state index in [0.717, 1.165) is 25.3 Å². The Kier molecular flexibility index (Phi) is 4.62. The second-order valence-corrected chi connectivity index (χ2v) is 5.24. The molecular formula is C10H19N5S. The number of thioether (sulfide) groups is 1. The van der Waals surface area contributed by atoms with Crippen LogP contribution in [0.5, 0.6) is 0 Å². The normalized spacial score (nSPS) is 17.8. The Morgan fingerprint density at radius 3 is 2.94 bits per heavy atom.